The molecule has 128 valence electrons. The number of nitro groups is 1. The number of aromatic nitrogens is 2. The average Bonchev–Trinajstić information content (AvgIpc) is 2.99. The number of nitrogens with one attached hydrogen (secondary N) is 1. The SMILES string of the molecule is CC(C)COCCC(=O)Nc1ccnn1-c1ccc([N+](=O)[O-])cc1. The molecular formula is C16H20N4O4. The smallest absolute Gasteiger partial charge is 0.269 e. The van der Waals surface area contributed by atoms with E-state index in [2.05, 4.69) is 10.4 Å². The molecule has 8 heteroatoms. The van der Waals surface area contributed by atoms with Gasteiger partial charge in [0.25, 0.3) is 5.69 Å². The van der Waals surface area contributed by atoms with Crippen LogP contribution in [0.15, 0.2) is 36.5 Å². The van der Waals surface area contributed by atoms with Crippen LogP contribution in [0.2, 0.25) is 0 Å². The van der Waals surface area contributed by atoms with Crippen LogP contribution in [0, 0.1) is 16.0 Å². The van der Waals surface area contributed by atoms with E-state index in [1.807, 2.05) is 13.8 Å². The van der Waals surface area contributed by atoms with Gasteiger partial charge in [-0.15, -0.1) is 0 Å². The van der Waals surface area contributed by atoms with Gasteiger partial charge in [0.1, 0.15) is 5.82 Å². The Morgan fingerprint density at radius 1 is 1.33 bits per heavy atom. The number of carbonyl (C=O) groups excluding carboxylic acids is 1. The van der Waals surface area contributed by atoms with Crippen molar-refractivity contribution in [3.63, 3.8) is 0 Å². The van der Waals surface area contributed by atoms with Gasteiger partial charge in [-0.1, -0.05) is 13.8 Å². The van der Waals surface area contributed by atoms with E-state index in [-0.39, 0.29) is 18.0 Å². The minimum Gasteiger partial charge on any atom is -0.381 e. The molecular weight excluding hydrogens is 312 g/mol. The molecule has 1 N–H and O–H groups in total. The monoisotopic (exact) mass is 332 g/mol. The zero-order chi connectivity index (χ0) is 17.5. The summed E-state index contributed by atoms with van der Waals surface area (Å²) in [4.78, 5) is 22.2. The number of nitro benzene ring substituents is 1. The van der Waals surface area contributed by atoms with Gasteiger partial charge < -0.3 is 10.1 Å². The normalized spacial score (nSPS) is 10.8. The Hall–Kier alpha value is -2.74. The third-order valence-electron chi connectivity index (χ3n) is 3.14. The lowest BCUT2D eigenvalue weighted by Gasteiger charge is -2.10. The molecule has 0 radical (unpaired) electrons. The third-order valence-corrected chi connectivity index (χ3v) is 3.14. The first-order chi connectivity index (χ1) is 11.5. The Balaban J connectivity index is 1.97. The molecule has 8 nitrogen and oxygen atoms in total. The van der Waals surface area contributed by atoms with Crippen LogP contribution in [0.3, 0.4) is 0 Å². The van der Waals surface area contributed by atoms with E-state index in [1.54, 1.807) is 24.4 Å². The molecule has 2 aromatic rings. The number of hydrogen-bond acceptors (Lipinski definition) is 5. The number of hydrogen-bond donors (Lipinski definition) is 1. The number of carbonyl (C=O) groups is 1. The highest BCUT2D eigenvalue weighted by atomic mass is 16.6. The Labute approximate surface area is 139 Å². The number of benzene rings is 1. The van der Waals surface area contributed by atoms with E-state index in [0.717, 1.165) is 0 Å². The molecule has 0 spiro atoms. The maximum atomic E-state index is 12.0. The highest BCUT2D eigenvalue weighted by Gasteiger charge is 2.11. The molecule has 0 saturated heterocycles. The maximum absolute atomic E-state index is 12.0. The van der Waals surface area contributed by atoms with Gasteiger partial charge in [-0.3, -0.25) is 14.9 Å². The van der Waals surface area contributed by atoms with Gasteiger partial charge in [0.15, 0.2) is 0 Å². The van der Waals surface area contributed by atoms with Crippen molar-refractivity contribution >= 4 is 17.4 Å². The summed E-state index contributed by atoms with van der Waals surface area (Å²) < 4.78 is 6.90. The number of rotatable bonds is 8. The minimum absolute atomic E-state index is 0.00112. The highest BCUT2D eigenvalue weighted by Crippen LogP contribution is 2.18. The quantitative estimate of drug-likeness (QED) is 0.455. The zero-order valence-corrected chi connectivity index (χ0v) is 13.6. The number of ether oxygens (including phenoxy) is 1. The predicted molar refractivity (Wildman–Crippen MR) is 89.1 cm³/mol. The van der Waals surface area contributed by atoms with E-state index in [4.69, 9.17) is 4.74 Å². The first-order valence-electron chi connectivity index (χ1n) is 7.64. The standard InChI is InChI=1S/C16H20N4O4/c1-12(2)11-24-10-8-16(21)18-15-7-9-17-19(15)13-3-5-14(6-4-13)20(22)23/h3-7,9,12H,8,10-11H2,1-2H3,(H,18,21). The second-order valence-corrected chi connectivity index (χ2v) is 5.67. The van der Waals surface area contributed by atoms with Gasteiger partial charge in [-0.25, -0.2) is 4.68 Å². The van der Waals surface area contributed by atoms with Crippen LogP contribution >= 0.6 is 0 Å². The van der Waals surface area contributed by atoms with E-state index in [0.29, 0.717) is 30.6 Å². The Kier molecular flexibility index (Phi) is 6.02. The number of non-ortho nitro benzene ring substituents is 1. The van der Waals surface area contributed by atoms with Crippen LogP contribution in [-0.4, -0.2) is 33.8 Å². The molecule has 0 fully saturated rings. The van der Waals surface area contributed by atoms with Gasteiger partial charge in [-0.05, 0) is 18.1 Å². The van der Waals surface area contributed by atoms with Crippen molar-refractivity contribution in [1.82, 2.24) is 9.78 Å². The molecule has 24 heavy (non-hydrogen) atoms. The van der Waals surface area contributed by atoms with Gasteiger partial charge in [0.2, 0.25) is 5.91 Å². The summed E-state index contributed by atoms with van der Waals surface area (Å²) in [6.45, 7) is 5.06. The second kappa shape index (κ2) is 8.21. The molecule has 1 aromatic carbocycles. The molecule has 1 amide bonds. The van der Waals surface area contributed by atoms with E-state index < -0.39 is 4.92 Å². The predicted octanol–water partition coefficient (Wildman–Crippen LogP) is 2.78. The Morgan fingerprint density at radius 3 is 2.67 bits per heavy atom. The summed E-state index contributed by atoms with van der Waals surface area (Å²) >= 11 is 0. The van der Waals surface area contributed by atoms with Crippen LogP contribution in [-0.2, 0) is 9.53 Å². The molecule has 2 rings (SSSR count). The first kappa shape index (κ1) is 17.6. The largest absolute Gasteiger partial charge is 0.381 e. The zero-order valence-electron chi connectivity index (χ0n) is 13.6. The third kappa shape index (κ3) is 4.88. The van der Waals surface area contributed by atoms with E-state index in [9.17, 15) is 14.9 Å². The van der Waals surface area contributed by atoms with Gasteiger partial charge >= 0.3 is 0 Å². The van der Waals surface area contributed by atoms with Crippen molar-refractivity contribution in [1.29, 1.82) is 0 Å². The summed E-state index contributed by atoms with van der Waals surface area (Å²) in [6, 6.07) is 7.60. The summed E-state index contributed by atoms with van der Waals surface area (Å²) in [6.07, 6.45) is 1.80. The van der Waals surface area contributed by atoms with Gasteiger partial charge in [0.05, 0.1) is 29.8 Å². The highest BCUT2D eigenvalue weighted by molar-refractivity contribution is 5.90. The molecule has 0 saturated carbocycles. The summed E-state index contributed by atoms with van der Waals surface area (Å²) in [5.41, 5.74) is 0.621. The van der Waals surface area contributed by atoms with Crippen molar-refractivity contribution in [2.45, 2.75) is 20.3 Å². The molecule has 0 aliphatic heterocycles. The van der Waals surface area contributed by atoms with Gasteiger partial charge in [-0.2, -0.15) is 5.10 Å². The fourth-order valence-electron chi connectivity index (χ4n) is 2.01. The van der Waals surface area contributed by atoms with E-state index in [1.165, 1.54) is 16.8 Å². The molecule has 1 aromatic heterocycles. The molecule has 0 aliphatic carbocycles. The molecule has 0 unspecified atom stereocenters. The fourth-order valence-corrected chi connectivity index (χ4v) is 2.01. The van der Waals surface area contributed by atoms with Crippen molar-refractivity contribution in [2.75, 3.05) is 18.5 Å². The van der Waals surface area contributed by atoms with Crippen LogP contribution in [0.1, 0.15) is 20.3 Å². The van der Waals surface area contributed by atoms with Crippen molar-refractivity contribution < 1.29 is 14.5 Å². The van der Waals surface area contributed by atoms with Crippen LogP contribution < -0.4 is 5.32 Å². The lowest BCUT2D eigenvalue weighted by atomic mass is 10.2. The van der Waals surface area contributed by atoms with Crippen molar-refractivity contribution in [2.24, 2.45) is 5.92 Å². The van der Waals surface area contributed by atoms with Crippen molar-refractivity contribution in [3.05, 3.63) is 46.6 Å². The summed E-state index contributed by atoms with van der Waals surface area (Å²) in [7, 11) is 0. The van der Waals surface area contributed by atoms with Crippen molar-refractivity contribution in [3.8, 4) is 5.69 Å². The number of amides is 1. The molecule has 0 bridgehead atoms. The molecule has 0 atom stereocenters. The topological polar surface area (TPSA) is 99.3 Å². The molecule has 1 heterocycles. The summed E-state index contributed by atoms with van der Waals surface area (Å²) in [5.74, 6) is 0.747. The fraction of sp³-hybridized carbons (Fsp3) is 0.375. The molecule has 0 aliphatic rings. The second-order valence-electron chi connectivity index (χ2n) is 5.67. The number of nitrogens with zero attached hydrogens (tertiary/aromatic N) is 3. The lowest BCUT2D eigenvalue weighted by molar-refractivity contribution is -0.384. The van der Waals surface area contributed by atoms with Crippen LogP contribution in [0.5, 0.6) is 0 Å². The van der Waals surface area contributed by atoms with Crippen LogP contribution in [0.4, 0.5) is 11.5 Å². The summed E-state index contributed by atoms with van der Waals surface area (Å²) in [5, 5.41) is 17.6. The lowest BCUT2D eigenvalue weighted by Crippen LogP contribution is -2.17. The first-order valence-corrected chi connectivity index (χ1v) is 7.64. The number of anilines is 1. The minimum atomic E-state index is -0.466. The Morgan fingerprint density at radius 2 is 2.04 bits per heavy atom. The Bertz CT molecular complexity index is 694. The average molecular weight is 332 g/mol. The van der Waals surface area contributed by atoms with E-state index >= 15 is 0 Å². The maximum Gasteiger partial charge on any atom is 0.269 e. The van der Waals surface area contributed by atoms with Crippen LogP contribution in [0.25, 0.3) is 5.69 Å². The van der Waals surface area contributed by atoms with Gasteiger partial charge in [0, 0.05) is 24.8 Å².